The van der Waals surface area contributed by atoms with Crippen LogP contribution in [-0.2, 0) is 12.0 Å². The molecule has 0 aliphatic heterocycles. The number of hydrogen-bond acceptors (Lipinski definition) is 3. The van der Waals surface area contributed by atoms with E-state index in [2.05, 4.69) is 22.4 Å². The van der Waals surface area contributed by atoms with Crippen molar-refractivity contribution in [3.8, 4) is 5.75 Å². The number of carbonyl (C=O) groups excluding carboxylic acids is 1. The molecular formula is C21H27N3O2. The Morgan fingerprint density at radius 3 is 2.73 bits per heavy atom. The fourth-order valence-electron chi connectivity index (χ4n) is 3.54. The maximum atomic E-state index is 12.6. The van der Waals surface area contributed by atoms with Crippen LogP contribution in [-0.4, -0.2) is 36.6 Å². The molecule has 5 nitrogen and oxygen atoms in total. The van der Waals surface area contributed by atoms with Crippen molar-refractivity contribution in [1.82, 2.24) is 15.2 Å². The van der Waals surface area contributed by atoms with Crippen LogP contribution in [0.15, 0.2) is 42.6 Å². The van der Waals surface area contributed by atoms with E-state index in [0.717, 1.165) is 35.4 Å². The van der Waals surface area contributed by atoms with Gasteiger partial charge in [0.2, 0.25) is 0 Å². The van der Waals surface area contributed by atoms with Crippen molar-refractivity contribution in [3.05, 3.63) is 59.4 Å². The first-order chi connectivity index (χ1) is 12.5. The fraction of sp³-hybridized carbons (Fsp3) is 0.429. The summed E-state index contributed by atoms with van der Waals surface area (Å²) >= 11 is 0. The van der Waals surface area contributed by atoms with Crippen molar-refractivity contribution in [2.75, 3.05) is 20.7 Å². The number of pyridine rings is 1. The van der Waals surface area contributed by atoms with E-state index in [9.17, 15) is 4.79 Å². The first-order valence-corrected chi connectivity index (χ1v) is 9.08. The van der Waals surface area contributed by atoms with Gasteiger partial charge in [-0.15, -0.1) is 0 Å². The smallest absolute Gasteiger partial charge is 0.317 e. The minimum atomic E-state index is -0.0734. The molecule has 2 aromatic rings. The number of urea groups is 1. The summed E-state index contributed by atoms with van der Waals surface area (Å²) in [5, 5.41) is 3.10. The van der Waals surface area contributed by atoms with Gasteiger partial charge in [-0.3, -0.25) is 4.98 Å². The summed E-state index contributed by atoms with van der Waals surface area (Å²) in [6, 6.07) is 11.9. The number of ether oxygens (including phenoxy) is 1. The highest BCUT2D eigenvalue weighted by Gasteiger charge is 2.40. The van der Waals surface area contributed by atoms with Gasteiger partial charge >= 0.3 is 6.03 Å². The Hall–Kier alpha value is -2.56. The molecule has 3 rings (SSSR count). The summed E-state index contributed by atoms with van der Waals surface area (Å²) in [6.45, 7) is 3.17. The maximum absolute atomic E-state index is 12.6. The summed E-state index contributed by atoms with van der Waals surface area (Å²) in [5.74, 6) is 0.805. The SMILES string of the molecule is COc1ccc(C)cc1CN(C)C(=O)NCC1(c2ccccn2)CCC1. The van der Waals surface area contributed by atoms with Gasteiger partial charge in [0, 0.05) is 36.5 Å². The Balaban J connectivity index is 1.62. The molecule has 2 amide bonds. The molecule has 26 heavy (non-hydrogen) atoms. The maximum Gasteiger partial charge on any atom is 0.317 e. The minimum Gasteiger partial charge on any atom is -0.496 e. The largest absolute Gasteiger partial charge is 0.496 e. The minimum absolute atomic E-state index is 0.0151. The van der Waals surface area contributed by atoms with Crippen LogP contribution in [0.5, 0.6) is 5.75 Å². The third-order valence-corrected chi connectivity index (χ3v) is 5.29. The molecule has 0 atom stereocenters. The average Bonchev–Trinajstić information content (AvgIpc) is 2.61. The van der Waals surface area contributed by atoms with E-state index in [1.165, 1.54) is 6.42 Å². The number of benzene rings is 1. The number of aryl methyl sites for hydroxylation is 1. The third kappa shape index (κ3) is 3.82. The lowest BCUT2D eigenvalue weighted by Crippen LogP contribution is -2.48. The number of nitrogens with one attached hydrogen (secondary N) is 1. The van der Waals surface area contributed by atoms with Gasteiger partial charge in [-0.05, 0) is 38.0 Å². The van der Waals surface area contributed by atoms with Crippen LogP contribution in [0.4, 0.5) is 4.79 Å². The van der Waals surface area contributed by atoms with Crippen LogP contribution in [0.1, 0.15) is 36.1 Å². The van der Waals surface area contributed by atoms with Crippen LogP contribution >= 0.6 is 0 Å². The molecule has 1 fully saturated rings. The third-order valence-electron chi connectivity index (χ3n) is 5.29. The van der Waals surface area contributed by atoms with E-state index in [0.29, 0.717) is 13.1 Å². The first-order valence-electron chi connectivity index (χ1n) is 9.08. The molecule has 1 saturated carbocycles. The number of aromatic nitrogens is 1. The van der Waals surface area contributed by atoms with Gasteiger partial charge in [0.15, 0.2) is 0 Å². The van der Waals surface area contributed by atoms with Crippen molar-refractivity contribution >= 4 is 6.03 Å². The summed E-state index contributed by atoms with van der Waals surface area (Å²) in [7, 11) is 3.47. The summed E-state index contributed by atoms with van der Waals surface area (Å²) < 4.78 is 5.41. The highest BCUT2D eigenvalue weighted by molar-refractivity contribution is 5.74. The Kier molecular flexibility index (Phi) is 5.45. The lowest BCUT2D eigenvalue weighted by Gasteiger charge is -2.41. The number of nitrogens with zero attached hydrogens (tertiary/aromatic N) is 2. The summed E-state index contributed by atoms with van der Waals surface area (Å²) in [4.78, 5) is 18.8. The molecule has 1 aliphatic carbocycles. The van der Waals surface area contributed by atoms with E-state index in [-0.39, 0.29) is 11.4 Å². The van der Waals surface area contributed by atoms with Crippen LogP contribution in [0.25, 0.3) is 0 Å². The normalized spacial score (nSPS) is 15.0. The van der Waals surface area contributed by atoms with E-state index in [1.807, 2.05) is 44.4 Å². The van der Waals surface area contributed by atoms with Gasteiger partial charge in [0.25, 0.3) is 0 Å². The molecule has 0 spiro atoms. The van der Waals surface area contributed by atoms with Crippen LogP contribution in [0, 0.1) is 6.92 Å². The van der Waals surface area contributed by atoms with Crippen LogP contribution < -0.4 is 10.1 Å². The Bertz CT molecular complexity index is 757. The van der Waals surface area contributed by atoms with Crippen LogP contribution in [0.3, 0.4) is 0 Å². The second-order valence-electron chi connectivity index (χ2n) is 7.18. The highest BCUT2D eigenvalue weighted by atomic mass is 16.5. The molecule has 0 unspecified atom stereocenters. The zero-order valence-electron chi connectivity index (χ0n) is 15.8. The summed E-state index contributed by atoms with van der Waals surface area (Å²) in [6.07, 6.45) is 5.15. The van der Waals surface area contributed by atoms with Crippen LogP contribution in [0.2, 0.25) is 0 Å². The molecule has 1 aliphatic rings. The zero-order valence-corrected chi connectivity index (χ0v) is 15.8. The van der Waals surface area contributed by atoms with Crippen molar-refractivity contribution in [2.24, 2.45) is 0 Å². The molecule has 0 radical (unpaired) electrons. The lowest BCUT2D eigenvalue weighted by atomic mass is 9.66. The molecule has 1 aromatic carbocycles. The quantitative estimate of drug-likeness (QED) is 0.862. The summed E-state index contributed by atoms with van der Waals surface area (Å²) in [5.41, 5.74) is 3.22. The fourth-order valence-corrected chi connectivity index (χ4v) is 3.54. The predicted molar refractivity (Wildman–Crippen MR) is 102 cm³/mol. The number of carbonyl (C=O) groups is 1. The number of amides is 2. The molecule has 1 heterocycles. The second kappa shape index (κ2) is 7.77. The van der Waals surface area contributed by atoms with Gasteiger partial charge in [0.05, 0.1) is 13.7 Å². The molecule has 1 aromatic heterocycles. The van der Waals surface area contributed by atoms with E-state index in [4.69, 9.17) is 4.74 Å². The monoisotopic (exact) mass is 353 g/mol. The molecule has 138 valence electrons. The van der Waals surface area contributed by atoms with Gasteiger partial charge in [-0.25, -0.2) is 4.79 Å². The zero-order chi connectivity index (χ0) is 18.6. The highest BCUT2D eigenvalue weighted by Crippen LogP contribution is 2.42. The first kappa shape index (κ1) is 18.2. The number of rotatable bonds is 6. The Morgan fingerprint density at radius 2 is 2.12 bits per heavy atom. The lowest BCUT2D eigenvalue weighted by molar-refractivity contribution is 0.188. The predicted octanol–water partition coefficient (Wildman–Crippen LogP) is 3.66. The van der Waals surface area contributed by atoms with Gasteiger partial charge < -0.3 is 15.0 Å². The Morgan fingerprint density at radius 1 is 1.31 bits per heavy atom. The van der Waals surface area contributed by atoms with Crippen molar-refractivity contribution in [2.45, 2.75) is 38.1 Å². The van der Waals surface area contributed by atoms with E-state index < -0.39 is 0 Å². The topological polar surface area (TPSA) is 54.5 Å². The second-order valence-corrected chi connectivity index (χ2v) is 7.18. The standard InChI is InChI=1S/C21H27N3O2/c1-16-8-9-18(26-3)17(13-16)14-24(2)20(25)23-15-21(10-6-11-21)19-7-4-5-12-22-19/h4-5,7-9,12-13H,6,10-11,14-15H2,1-3H3,(H,23,25). The average molecular weight is 353 g/mol. The van der Waals surface area contributed by atoms with Gasteiger partial charge in [-0.2, -0.15) is 0 Å². The Labute approximate surface area is 155 Å². The molecule has 0 bridgehead atoms. The van der Waals surface area contributed by atoms with Crippen molar-refractivity contribution < 1.29 is 9.53 Å². The van der Waals surface area contributed by atoms with E-state index in [1.54, 1.807) is 12.0 Å². The van der Waals surface area contributed by atoms with E-state index >= 15 is 0 Å². The molecular weight excluding hydrogens is 326 g/mol. The van der Waals surface area contributed by atoms with Gasteiger partial charge in [0.1, 0.15) is 5.75 Å². The molecule has 5 heteroatoms. The molecule has 0 saturated heterocycles. The number of methoxy groups -OCH3 is 1. The van der Waals surface area contributed by atoms with Crippen molar-refractivity contribution in [1.29, 1.82) is 0 Å². The molecule has 1 N–H and O–H groups in total. The van der Waals surface area contributed by atoms with Crippen molar-refractivity contribution in [3.63, 3.8) is 0 Å². The van der Waals surface area contributed by atoms with Gasteiger partial charge in [-0.1, -0.05) is 30.2 Å². The number of hydrogen-bond donors (Lipinski definition) is 1.